The standard InChI is InChI=1S/C3H6N4O2S/c4-2-1-3(5)7-10(8,9)6-2/h1H2,(H2,4,6)(H2,5,7). The SMILES string of the molecule is NC1=NS(=O)(=O)N=C(N)C1. The number of nitrogens with zero attached hydrogens (tertiary/aromatic N) is 2. The van der Waals surface area contributed by atoms with E-state index < -0.39 is 10.2 Å². The smallest absolute Gasteiger partial charge is 0.366 e. The Labute approximate surface area is 57.8 Å². The Morgan fingerprint density at radius 2 is 1.60 bits per heavy atom. The number of hydrogen-bond acceptors (Lipinski definition) is 4. The molecule has 4 N–H and O–H groups in total. The van der Waals surface area contributed by atoms with Gasteiger partial charge in [-0.25, -0.2) is 0 Å². The lowest BCUT2D eigenvalue weighted by Gasteiger charge is -2.03. The highest BCUT2D eigenvalue weighted by Gasteiger charge is 2.14. The third-order valence-corrected chi connectivity index (χ3v) is 1.76. The van der Waals surface area contributed by atoms with Crippen molar-refractivity contribution in [2.24, 2.45) is 20.3 Å². The minimum absolute atomic E-state index is 0.0208. The number of amidine groups is 2. The molecule has 7 heteroatoms. The molecule has 0 aliphatic carbocycles. The van der Waals surface area contributed by atoms with Crippen LogP contribution in [-0.2, 0) is 10.2 Å². The molecule has 0 atom stereocenters. The normalized spacial score (nSPS) is 23.2. The van der Waals surface area contributed by atoms with E-state index in [1.54, 1.807) is 0 Å². The average Bonchev–Trinajstić information content (AvgIpc) is 1.54. The van der Waals surface area contributed by atoms with Gasteiger partial charge in [0.2, 0.25) is 0 Å². The Kier molecular flexibility index (Phi) is 1.36. The molecule has 0 saturated carbocycles. The maximum Gasteiger partial charge on any atom is 0.366 e. The first-order chi connectivity index (χ1) is 4.49. The quantitative estimate of drug-likeness (QED) is 0.444. The van der Waals surface area contributed by atoms with E-state index >= 15 is 0 Å². The highest BCUT2D eigenvalue weighted by atomic mass is 32.2. The lowest BCUT2D eigenvalue weighted by molar-refractivity contribution is 0.599. The minimum atomic E-state index is -3.76. The van der Waals surface area contributed by atoms with Crippen LogP contribution in [0, 0.1) is 0 Å². The van der Waals surface area contributed by atoms with Crippen LogP contribution in [-0.4, -0.2) is 20.1 Å². The molecular formula is C3H6N4O2S. The molecule has 0 bridgehead atoms. The van der Waals surface area contributed by atoms with Crippen LogP contribution < -0.4 is 11.5 Å². The highest BCUT2D eigenvalue weighted by Crippen LogP contribution is 2.01. The molecule has 56 valence electrons. The van der Waals surface area contributed by atoms with Gasteiger partial charge in [-0.15, -0.1) is 8.80 Å². The number of nitrogens with two attached hydrogens (primary N) is 2. The summed E-state index contributed by atoms with van der Waals surface area (Å²) in [6.07, 6.45) is 0.124. The lowest BCUT2D eigenvalue weighted by atomic mass is 10.4. The van der Waals surface area contributed by atoms with Gasteiger partial charge in [-0.1, -0.05) is 0 Å². The summed E-state index contributed by atoms with van der Waals surface area (Å²) in [5.74, 6) is -0.0417. The fourth-order valence-electron chi connectivity index (χ4n) is 0.567. The summed E-state index contributed by atoms with van der Waals surface area (Å²) in [7, 11) is -3.76. The molecule has 0 saturated heterocycles. The molecule has 1 heterocycles. The van der Waals surface area contributed by atoms with Crippen LogP contribution >= 0.6 is 0 Å². The number of hydrogen-bond donors (Lipinski definition) is 2. The van der Waals surface area contributed by atoms with Crippen molar-refractivity contribution in [1.82, 2.24) is 0 Å². The molecule has 0 spiro atoms. The van der Waals surface area contributed by atoms with E-state index in [9.17, 15) is 8.42 Å². The molecule has 0 aromatic carbocycles. The molecule has 0 aromatic heterocycles. The van der Waals surface area contributed by atoms with Gasteiger partial charge in [0.15, 0.2) is 0 Å². The first kappa shape index (κ1) is 7.00. The van der Waals surface area contributed by atoms with E-state index in [2.05, 4.69) is 8.80 Å². The van der Waals surface area contributed by atoms with Gasteiger partial charge in [0.25, 0.3) is 0 Å². The Hall–Kier alpha value is -1.11. The summed E-state index contributed by atoms with van der Waals surface area (Å²) in [6, 6.07) is 0. The van der Waals surface area contributed by atoms with Crippen LogP contribution in [0.1, 0.15) is 6.42 Å². The van der Waals surface area contributed by atoms with Crippen molar-refractivity contribution in [3.63, 3.8) is 0 Å². The predicted octanol–water partition coefficient (Wildman–Crippen LogP) is -1.65. The van der Waals surface area contributed by atoms with Gasteiger partial charge in [-0.2, -0.15) is 8.42 Å². The van der Waals surface area contributed by atoms with E-state index in [1.165, 1.54) is 0 Å². The monoisotopic (exact) mass is 162 g/mol. The summed E-state index contributed by atoms with van der Waals surface area (Å²) >= 11 is 0. The lowest BCUT2D eigenvalue weighted by Crippen LogP contribution is -2.28. The van der Waals surface area contributed by atoms with Gasteiger partial charge in [-0.05, 0) is 0 Å². The minimum Gasteiger partial charge on any atom is -0.386 e. The highest BCUT2D eigenvalue weighted by molar-refractivity contribution is 7.89. The Morgan fingerprint density at radius 3 is 1.90 bits per heavy atom. The topological polar surface area (TPSA) is 111 Å². The Bertz CT molecular complexity index is 276. The van der Waals surface area contributed by atoms with Crippen molar-refractivity contribution in [3.05, 3.63) is 0 Å². The zero-order chi connectivity index (χ0) is 7.78. The molecule has 0 fully saturated rings. The molecule has 1 aliphatic rings. The van der Waals surface area contributed by atoms with Crippen molar-refractivity contribution in [2.75, 3.05) is 0 Å². The maximum atomic E-state index is 10.5. The zero-order valence-electron chi connectivity index (χ0n) is 4.98. The largest absolute Gasteiger partial charge is 0.386 e. The van der Waals surface area contributed by atoms with Crippen LogP contribution in [0.4, 0.5) is 0 Å². The van der Waals surface area contributed by atoms with E-state index in [-0.39, 0.29) is 18.1 Å². The van der Waals surface area contributed by atoms with Gasteiger partial charge >= 0.3 is 10.2 Å². The molecule has 0 radical (unpaired) electrons. The van der Waals surface area contributed by atoms with Crippen LogP contribution in [0.5, 0.6) is 0 Å². The molecular weight excluding hydrogens is 156 g/mol. The second-order valence-corrected chi connectivity index (χ2v) is 3.05. The van der Waals surface area contributed by atoms with Crippen LogP contribution in [0.25, 0.3) is 0 Å². The van der Waals surface area contributed by atoms with Crippen molar-refractivity contribution >= 4 is 21.9 Å². The molecule has 6 nitrogen and oxygen atoms in total. The van der Waals surface area contributed by atoms with Crippen LogP contribution in [0.15, 0.2) is 8.80 Å². The van der Waals surface area contributed by atoms with E-state index in [1.807, 2.05) is 0 Å². The summed E-state index contributed by atoms with van der Waals surface area (Å²) in [5.41, 5.74) is 10.2. The average molecular weight is 162 g/mol. The summed E-state index contributed by atoms with van der Waals surface area (Å²) in [5, 5.41) is 0. The van der Waals surface area contributed by atoms with Gasteiger partial charge in [0, 0.05) is 0 Å². The molecule has 0 amide bonds. The maximum absolute atomic E-state index is 10.5. The first-order valence-electron chi connectivity index (χ1n) is 2.43. The fourth-order valence-corrected chi connectivity index (χ4v) is 1.33. The Morgan fingerprint density at radius 1 is 1.20 bits per heavy atom. The number of rotatable bonds is 0. The third kappa shape index (κ3) is 1.44. The molecule has 1 rings (SSSR count). The second-order valence-electron chi connectivity index (χ2n) is 1.79. The molecule has 1 aliphatic heterocycles. The first-order valence-corrected chi connectivity index (χ1v) is 3.83. The zero-order valence-corrected chi connectivity index (χ0v) is 5.80. The van der Waals surface area contributed by atoms with Crippen molar-refractivity contribution in [1.29, 1.82) is 0 Å². The third-order valence-electron chi connectivity index (χ3n) is 0.827. The van der Waals surface area contributed by atoms with Gasteiger partial charge in [-0.3, -0.25) is 0 Å². The van der Waals surface area contributed by atoms with Crippen LogP contribution in [0.3, 0.4) is 0 Å². The summed E-state index contributed by atoms with van der Waals surface area (Å²) in [6.45, 7) is 0. The van der Waals surface area contributed by atoms with E-state index in [0.717, 1.165) is 0 Å². The second kappa shape index (κ2) is 1.94. The predicted molar refractivity (Wildman–Crippen MR) is 36.8 cm³/mol. The van der Waals surface area contributed by atoms with Gasteiger partial charge in [0.1, 0.15) is 11.7 Å². The summed E-state index contributed by atoms with van der Waals surface area (Å²) in [4.78, 5) is 0. The molecule has 10 heavy (non-hydrogen) atoms. The van der Waals surface area contributed by atoms with Gasteiger partial charge < -0.3 is 11.5 Å². The van der Waals surface area contributed by atoms with E-state index in [4.69, 9.17) is 11.5 Å². The van der Waals surface area contributed by atoms with Gasteiger partial charge in [0.05, 0.1) is 6.42 Å². The van der Waals surface area contributed by atoms with Crippen molar-refractivity contribution < 1.29 is 8.42 Å². The van der Waals surface area contributed by atoms with Crippen LogP contribution in [0.2, 0.25) is 0 Å². The summed E-state index contributed by atoms with van der Waals surface area (Å²) < 4.78 is 27.2. The Balaban J connectivity index is 3.12. The molecule has 0 unspecified atom stereocenters. The van der Waals surface area contributed by atoms with Crippen molar-refractivity contribution in [2.45, 2.75) is 6.42 Å². The molecule has 0 aromatic rings. The fraction of sp³-hybridized carbons (Fsp3) is 0.333. The van der Waals surface area contributed by atoms with Crippen molar-refractivity contribution in [3.8, 4) is 0 Å². The van der Waals surface area contributed by atoms with E-state index in [0.29, 0.717) is 0 Å².